The summed E-state index contributed by atoms with van der Waals surface area (Å²) >= 11 is 0. The van der Waals surface area contributed by atoms with Gasteiger partial charge in [-0.1, -0.05) is 48.5 Å². The Balaban J connectivity index is 1.97. The van der Waals surface area contributed by atoms with E-state index in [0.717, 1.165) is 5.56 Å². The van der Waals surface area contributed by atoms with E-state index in [0.29, 0.717) is 12.0 Å². The van der Waals surface area contributed by atoms with E-state index in [1.54, 1.807) is 24.3 Å². The molecular weight excluding hydrogens is 348 g/mol. The number of benzene rings is 2. The first kappa shape index (κ1) is 20.1. The van der Waals surface area contributed by atoms with Gasteiger partial charge in [-0.15, -0.1) is 0 Å². The maximum absolute atomic E-state index is 12.5. The normalized spacial score (nSPS) is 11.4. The largest absolute Gasteiger partial charge is 0.480 e. The molecule has 0 aromatic heterocycles. The molecule has 7 nitrogen and oxygen atoms in total. The Hall–Kier alpha value is -3.19. The molecule has 0 heterocycles. The molecule has 0 fully saturated rings. The van der Waals surface area contributed by atoms with Crippen molar-refractivity contribution in [2.75, 3.05) is 19.8 Å². The highest BCUT2D eigenvalue weighted by Crippen LogP contribution is 2.05. The predicted octanol–water partition coefficient (Wildman–Crippen LogP) is 1.25. The molecule has 0 bridgehead atoms. The quantitative estimate of drug-likeness (QED) is 0.546. The summed E-state index contributed by atoms with van der Waals surface area (Å²) in [5, 5.41) is 13.9. The predicted molar refractivity (Wildman–Crippen MR) is 99.3 cm³/mol. The van der Waals surface area contributed by atoms with Crippen LogP contribution in [0, 0.1) is 0 Å². The standard InChI is InChI=1S/C20H22N2O5/c23-18(24)14-27-12-11-21-20(26)17(13-15-7-3-1-4-8-15)22-19(25)16-9-5-2-6-10-16/h1-10,17H,11-14H2,(H,21,26)(H,22,25)(H,23,24). The number of nitrogens with one attached hydrogen (secondary N) is 2. The summed E-state index contributed by atoms with van der Waals surface area (Å²) in [6.07, 6.45) is 0.335. The molecule has 1 unspecified atom stereocenters. The van der Waals surface area contributed by atoms with Gasteiger partial charge in [-0.2, -0.15) is 0 Å². The van der Waals surface area contributed by atoms with Gasteiger partial charge in [-0.25, -0.2) is 4.79 Å². The van der Waals surface area contributed by atoms with Gasteiger partial charge < -0.3 is 20.5 Å². The fourth-order valence-electron chi connectivity index (χ4n) is 2.42. The van der Waals surface area contributed by atoms with Gasteiger partial charge >= 0.3 is 5.97 Å². The molecule has 0 spiro atoms. The van der Waals surface area contributed by atoms with Crippen molar-refractivity contribution in [1.29, 1.82) is 0 Å². The SMILES string of the molecule is O=C(O)COCCNC(=O)C(Cc1ccccc1)NC(=O)c1ccccc1. The number of carboxylic acid groups (broad SMARTS) is 1. The molecule has 27 heavy (non-hydrogen) atoms. The van der Waals surface area contributed by atoms with Crippen molar-refractivity contribution in [2.45, 2.75) is 12.5 Å². The van der Waals surface area contributed by atoms with Crippen molar-refractivity contribution in [1.82, 2.24) is 10.6 Å². The first-order chi connectivity index (χ1) is 13.1. The Labute approximate surface area is 157 Å². The second-order valence-electron chi connectivity index (χ2n) is 5.82. The molecule has 0 radical (unpaired) electrons. The van der Waals surface area contributed by atoms with E-state index >= 15 is 0 Å². The molecule has 3 N–H and O–H groups in total. The van der Waals surface area contributed by atoms with E-state index in [1.807, 2.05) is 36.4 Å². The molecule has 7 heteroatoms. The number of carbonyl (C=O) groups excluding carboxylic acids is 2. The Kier molecular flexibility index (Phi) is 7.99. The molecule has 0 aliphatic heterocycles. The van der Waals surface area contributed by atoms with Gasteiger partial charge in [0.15, 0.2) is 0 Å². The molecule has 0 saturated carbocycles. The summed E-state index contributed by atoms with van der Waals surface area (Å²) in [7, 11) is 0. The third-order valence-corrected chi connectivity index (χ3v) is 3.71. The van der Waals surface area contributed by atoms with E-state index in [2.05, 4.69) is 10.6 Å². The van der Waals surface area contributed by atoms with Gasteiger partial charge in [-0.3, -0.25) is 9.59 Å². The lowest BCUT2D eigenvalue weighted by molar-refractivity contribution is -0.142. The maximum atomic E-state index is 12.5. The highest BCUT2D eigenvalue weighted by molar-refractivity contribution is 5.97. The van der Waals surface area contributed by atoms with Crippen molar-refractivity contribution < 1.29 is 24.2 Å². The smallest absolute Gasteiger partial charge is 0.329 e. The van der Waals surface area contributed by atoms with E-state index in [1.165, 1.54) is 0 Å². The van der Waals surface area contributed by atoms with Crippen molar-refractivity contribution in [3.63, 3.8) is 0 Å². The molecule has 0 aliphatic rings. The monoisotopic (exact) mass is 370 g/mol. The average Bonchev–Trinajstić information content (AvgIpc) is 2.68. The minimum atomic E-state index is -1.07. The maximum Gasteiger partial charge on any atom is 0.329 e. The topological polar surface area (TPSA) is 105 Å². The number of ether oxygens (including phenoxy) is 1. The highest BCUT2D eigenvalue weighted by atomic mass is 16.5. The lowest BCUT2D eigenvalue weighted by Crippen LogP contribution is -2.48. The molecule has 0 saturated heterocycles. The van der Waals surface area contributed by atoms with E-state index < -0.39 is 18.6 Å². The van der Waals surface area contributed by atoms with Gasteiger partial charge in [0.05, 0.1) is 6.61 Å². The third kappa shape index (κ3) is 7.29. The zero-order valence-electron chi connectivity index (χ0n) is 14.8. The number of rotatable bonds is 10. The summed E-state index contributed by atoms with van der Waals surface area (Å²) in [5.41, 5.74) is 1.38. The zero-order valence-corrected chi connectivity index (χ0v) is 14.8. The third-order valence-electron chi connectivity index (χ3n) is 3.71. The van der Waals surface area contributed by atoms with Crippen LogP contribution >= 0.6 is 0 Å². The second kappa shape index (κ2) is 10.7. The van der Waals surface area contributed by atoms with Gasteiger partial charge in [0.2, 0.25) is 5.91 Å². The van der Waals surface area contributed by atoms with Crippen molar-refractivity contribution in [3.8, 4) is 0 Å². The molecule has 2 rings (SSSR count). The fourth-order valence-corrected chi connectivity index (χ4v) is 2.42. The summed E-state index contributed by atoms with van der Waals surface area (Å²) < 4.78 is 4.89. The minimum Gasteiger partial charge on any atom is -0.480 e. The number of carbonyl (C=O) groups is 3. The van der Waals surface area contributed by atoms with Crippen LogP contribution in [0.1, 0.15) is 15.9 Å². The van der Waals surface area contributed by atoms with Crippen LogP contribution in [0.4, 0.5) is 0 Å². The molecule has 2 aromatic carbocycles. The van der Waals surface area contributed by atoms with Crippen LogP contribution in [0.2, 0.25) is 0 Å². The molecule has 2 aromatic rings. The van der Waals surface area contributed by atoms with Crippen molar-refractivity contribution in [3.05, 3.63) is 71.8 Å². The van der Waals surface area contributed by atoms with Crippen LogP contribution < -0.4 is 10.6 Å². The van der Waals surface area contributed by atoms with Crippen LogP contribution in [0.3, 0.4) is 0 Å². The first-order valence-corrected chi connectivity index (χ1v) is 8.53. The van der Waals surface area contributed by atoms with Gasteiger partial charge in [0, 0.05) is 18.5 Å². The fraction of sp³-hybridized carbons (Fsp3) is 0.250. The Bertz CT molecular complexity index is 749. The summed E-state index contributed by atoms with van der Waals surface area (Å²) in [6, 6.07) is 17.3. The number of carboxylic acids is 1. The zero-order chi connectivity index (χ0) is 19.5. The molecular formula is C20H22N2O5. The van der Waals surface area contributed by atoms with Gasteiger partial charge in [0.1, 0.15) is 12.6 Å². The summed E-state index contributed by atoms with van der Waals surface area (Å²) in [6.45, 7) is -0.199. The second-order valence-corrected chi connectivity index (χ2v) is 5.82. The summed E-state index contributed by atoms with van der Waals surface area (Å²) in [4.78, 5) is 35.3. The number of aliphatic carboxylic acids is 1. The lowest BCUT2D eigenvalue weighted by Gasteiger charge is -2.19. The van der Waals surface area contributed by atoms with Crippen LogP contribution in [-0.2, 0) is 20.7 Å². The van der Waals surface area contributed by atoms with Crippen LogP contribution in [0.5, 0.6) is 0 Å². The van der Waals surface area contributed by atoms with E-state index in [4.69, 9.17) is 9.84 Å². The number of hydrogen-bond acceptors (Lipinski definition) is 4. The van der Waals surface area contributed by atoms with Gasteiger partial charge in [-0.05, 0) is 17.7 Å². The highest BCUT2D eigenvalue weighted by Gasteiger charge is 2.21. The number of amides is 2. The Morgan fingerprint density at radius 2 is 1.59 bits per heavy atom. The minimum absolute atomic E-state index is 0.0722. The Morgan fingerprint density at radius 3 is 2.22 bits per heavy atom. The van der Waals surface area contributed by atoms with Crippen LogP contribution in [-0.4, -0.2) is 48.7 Å². The van der Waals surface area contributed by atoms with Crippen LogP contribution in [0.15, 0.2) is 60.7 Å². The number of hydrogen-bond donors (Lipinski definition) is 3. The lowest BCUT2D eigenvalue weighted by atomic mass is 10.0. The van der Waals surface area contributed by atoms with Crippen molar-refractivity contribution >= 4 is 17.8 Å². The first-order valence-electron chi connectivity index (χ1n) is 8.53. The van der Waals surface area contributed by atoms with Gasteiger partial charge in [0.25, 0.3) is 5.91 Å². The molecule has 142 valence electrons. The molecule has 0 aliphatic carbocycles. The van der Waals surface area contributed by atoms with Crippen LogP contribution in [0.25, 0.3) is 0 Å². The van der Waals surface area contributed by atoms with E-state index in [9.17, 15) is 14.4 Å². The average molecular weight is 370 g/mol. The van der Waals surface area contributed by atoms with Crippen molar-refractivity contribution in [2.24, 2.45) is 0 Å². The van der Waals surface area contributed by atoms with E-state index in [-0.39, 0.29) is 25.0 Å². The molecule has 1 atom stereocenters. The Morgan fingerprint density at radius 1 is 0.963 bits per heavy atom. The molecule has 2 amide bonds. The summed E-state index contributed by atoms with van der Waals surface area (Å²) in [5.74, 6) is -1.77.